The number of carbonyl (C=O) groups excluding carboxylic acids is 1. The number of alkyl halides is 3. The van der Waals surface area contributed by atoms with Gasteiger partial charge in [-0.25, -0.2) is 8.42 Å². The van der Waals surface area contributed by atoms with Crippen LogP contribution < -0.4 is 4.90 Å². The summed E-state index contributed by atoms with van der Waals surface area (Å²) in [6.07, 6.45) is -2.49. The molecule has 1 aliphatic rings. The van der Waals surface area contributed by atoms with Crippen LogP contribution in [0.3, 0.4) is 0 Å². The molecule has 0 spiro atoms. The average molecular weight is 363 g/mol. The van der Waals surface area contributed by atoms with Gasteiger partial charge in [-0.15, -0.1) is 0 Å². The Morgan fingerprint density at radius 1 is 1.17 bits per heavy atom. The van der Waals surface area contributed by atoms with E-state index < -0.39 is 27.8 Å². The molecule has 4 nitrogen and oxygen atoms in total. The average Bonchev–Trinajstić information content (AvgIpc) is 2.52. The van der Waals surface area contributed by atoms with Crippen molar-refractivity contribution in [1.82, 2.24) is 0 Å². The van der Waals surface area contributed by atoms with Crippen LogP contribution in [0.4, 0.5) is 18.9 Å². The third-order valence-corrected chi connectivity index (χ3v) is 5.60. The van der Waals surface area contributed by atoms with Gasteiger partial charge in [-0.3, -0.25) is 4.79 Å². The molecule has 1 aromatic carbocycles. The molecule has 0 saturated heterocycles. The van der Waals surface area contributed by atoms with Crippen molar-refractivity contribution in [2.45, 2.75) is 36.8 Å². The second-order valence-corrected chi connectivity index (χ2v) is 8.28. The van der Waals surface area contributed by atoms with Crippen molar-refractivity contribution in [1.29, 1.82) is 0 Å². The monoisotopic (exact) mass is 363 g/mol. The molecule has 0 heterocycles. The molecule has 1 saturated carbocycles. The molecule has 0 bridgehead atoms. The molecule has 1 amide bonds. The molecular weight excluding hydrogens is 343 g/mol. The van der Waals surface area contributed by atoms with Gasteiger partial charge in [-0.1, -0.05) is 6.42 Å². The Balaban J connectivity index is 2.11. The number of benzene rings is 1. The zero-order chi connectivity index (χ0) is 18.1. The lowest BCUT2D eigenvalue weighted by Crippen LogP contribution is -2.38. The third-order valence-electron chi connectivity index (χ3n) is 4.47. The summed E-state index contributed by atoms with van der Waals surface area (Å²) in [6.45, 7) is 0. The first-order valence-corrected chi connectivity index (χ1v) is 9.53. The van der Waals surface area contributed by atoms with E-state index in [1.165, 1.54) is 36.2 Å². The molecule has 0 unspecified atom stereocenters. The lowest BCUT2D eigenvalue weighted by atomic mass is 9.80. The van der Waals surface area contributed by atoms with Crippen LogP contribution in [0, 0.1) is 11.8 Å². The topological polar surface area (TPSA) is 54.5 Å². The summed E-state index contributed by atoms with van der Waals surface area (Å²) in [4.78, 5) is 13.9. The standard InChI is InChI=1S/C16H20F3NO3S/c1-20(13-6-8-14(9-7-13)24(2,22)23)15(21)11-4-3-5-12(10-11)16(17,18)19/h6-9,11-12H,3-5,10H2,1-2H3/t11-,12+/m0/s1. The molecule has 0 aliphatic heterocycles. The Labute approximate surface area is 139 Å². The van der Waals surface area contributed by atoms with E-state index in [9.17, 15) is 26.4 Å². The van der Waals surface area contributed by atoms with E-state index in [0.29, 0.717) is 18.5 Å². The molecule has 134 valence electrons. The molecule has 8 heteroatoms. The zero-order valence-electron chi connectivity index (χ0n) is 13.5. The molecule has 2 rings (SSSR count). The minimum atomic E-state index is -4.27. The van der Waals surface area contributed by atoms with Gasteiger partial charge in [0.2, 0.25) is 5.91 Å². The van der Waals surface area contributed by atoms with E-state index in [2.05, 4.69) is 0 Å². The fourth-order valence-electron chi connectivity index (χ4n) is 3.03. The number of hydrogen-bond acceptors (Lipinski definition) is 3. The van der Waals surface area contributed by atoms with E-state index in [1.807, 2.05) is 0 Å². The summed E-state index contributed by atoms with van der Waals surface area (Å²) in [7, 11) is -1.84. The summed E-state index contributed by atoms with van der Waals surface area (Å²) >= 11 is 0. The molecule has 1 aromatic rings. The van der Waals surface area contributed by atoms with Gasteiger partial charge in [0.15, 0.2) is 9.84 Å². The summed E-state index contributed by atoms with van der Waals surface area (Å²) in [5, 5.41) is 0. The van der Waals surface area contributed by atoms with Crippen LogP contribution >= 0.6 is 0 Å². The van der Waals surface area contributed by atoms with Gasteiger partial charge in [0.1, 0.15) is 0 Å². The Morgan fingerprint density at radius 3 is 2.25 bits per heavy atom. The van der Waals surface area contributed by atoms with Gasteiger partial charge in [0.05, 0.1) is 10.8 Å². The van der Waals surface area contributed by atoms with E-state index in [0.717, 1.165) is 6.26 Å². The Bertz CT molecular complexity index is 698. The van der Waals surface area contributed by atoms with Crippen molar-refractivity contribution in [3.05, 3.63) is 24.3 Å². The highest BCUT2D eigenvalue weighted by molar-refractivity contribution is 7.90. The number of rotatable bonds is 3. The number of carbonyl (C=O) groups is 1. The van der Waals surface area contributed by atoms with E-state index in [4.69, 9.17) is 0 Å². The van der Waals surface area contributed by atoms with Crippen molar-refractivity contribution in [2.75, 3.05) is 18.2 Å². The van der Waals surface area contributed by atoms with E-state index in [-0.39, 0.29) is 23.6 Å². The highest BCUT2D eigenvalue weighted by Crippen LogP contribution is 2.40. The number of hydrogen-bond donors (Lipinski definition) is 0. The Kier molecular flexibility index (Phi) is 5.27. The molecule has 24 heavy (non-hydrogen) atoms. The Hall–Kier alpha value is -1.57. The highest BCUT2D eigenvalue weighted by Gasteiger charge is 2.44. The fraction of sp³-hybridized carbons (Fsp3) is 0.562. The normalized spacial score (nSPS) is 22.2. The lowest BCUT2D eigenvalue weighted by molar-refractivity contribution is -0.186. The molecule has 0 N–H and O–H groups in total. The number of nitrogens with zero attached hydrogens (tertiary/aromatic N) is 1. The first-order valence-electron chi connectivity index (χ1n) is 7.64. The predicted octanol–water partition coefficient (Wildman–Crippen LogP) is 3.42. The van der Waals surface area contributed by atoms with Crippen molar-refractivity contribution in [3.63, 3.8) is 0 Å². The molecule has 2 atom stereocenters. The first kappa shape index (κ1) is 18.8. The first-order chi connectivity index (χ1) is 11.0. The number of anilines is 1. The zero-order valence-corrected chi connectivity index (χ0v) is 14.3. The van der Waals surface area contributed by atoms with Gasteiger partial charge in [0, 0.05) is 24.9 Å². The van der Waals surface area contributed by atoms with Crippen molar-refractivity contribution in [2.24, 2.45) is 11.8 Å². The highest BCUT2D eigenvalue weighted by atomic mass is 32.2. The minimum Gasteiger partial charge on any atom is -0.315 e. The van der Waals surface area contributed by atoms with Crippen molar-refractivity contribution in [3.8, 4) is 0 Å². The summed E-state index contributed by atoms with van der Waals surface area (Å²) in [5.74, 6) is -2.46. The smallest absolute Gasteiger partial charge is 0.315 e. The summed E-state index contributed by atoms with van der Waals surface area (Å²) < 4.78 is 61.5. The van der Waals surface area contributed by atoms with Gasteiger partial charge >= 0.3 is 6.18 Å². The van der Waals surface area contributed by atoms with Crippen LogP contribution in [0.2, 0.25) is 0 Å². The summed E-state index contributed by atoms with van der Waals surface area (Å²) in [5.41, 5.74) is 0.460. The second-order valence-electron chi connectivity index (χ2n) is 6.27. The molecule has 0 aromatic heterocycles. The van der Waals surface area contributed by atoms with Crippen LogP contribution in [0.1, 0.15) is 25.7 Å². The SMILES string of the molecule is CN(C(=O)[C@H]1CCC[C@@H](C(F)(F)F)C1)c1ccc(S(C)(=O)=O)cc1. The summed E-state index contributed by atoms with van der Waals surface area (Å²) in [6, 6.07) is 5.73. The van der Waals surface area contributed by atoms with Gasteiger partial charge in [-0.05, 0) is 43.5 Å². The van der Waals surface area contributed by atoms with E-state index >= 15 is 0 Å². The fourth-order valence-corrected chi connectivity index (χ4v) is 3.66. The maximum Gasteiger partial charge on any atom is 0.391 e. The van der Waals surface area contributed by atoms with Crippen molar-refractivity contribution < 1.29 is 26.4 Å². The Morgan fingerprint density at radius 2 is 1.75 bits per heavy atom. The quantitative estimate of drug-likeness (QED) is 0.827. The molecular formula is C16H20F3NO3S. The van der Waals surface area contributed by atoms with Crippen LogP contribution in [0.15, 0.2) is 29.2 Å². The van der Waals surface area contributed by atoms with Gasteiger partial charge < -0.3 is 4.90 Å². The largest absolute Gasteiger partial charge is 0.391 e. The minimum absolute atomic E-state index is 0.0695. The van der Waals surface area contributed by atoms with Crippen molar-refractivity contribution >= 4 is 21.4 Å². The van der Waals surface area contributed by atoms with E-state index in [1.54, 1.807) is 0 Å². The molecule has 1 aliphatic carbocycles. The van der Waals surface area contributed by atoms with Crippen LogP contribution in [-0.4, -0.2) is 33.8 Å². The maximum atomic E-state index is 12.9. The van der Waals surface area contributed by atoms with Crippen LogP contribution in [0.25, 0.3) is 0 Å². The number of amides is 1. The third kappa shape index (κ3) is 4.28. The van der Waals surface area contributed by atoms with Crippen LogP contribution in [0.5, 0.6) is 0 Å². The maximum absolute atomic E-state index is 12.9. The number of sulfone groups is 1. The van der Waals surface area contributed by atoms with Crippen LogP contribution in [-0.2, 0) is 14.6 Å². The second kappa shape index (κ2) is 6.74. The van der Waals surface area contributed by atoms with Gasteiger partial charge in [0.25, 0.3) is 0 Å². The molecule has 1 fully saturated rings. The predicted molar refractivity (Wildman–Crippen MR) is 84.5 cm³/mol. The van der Waals surface area contributed by atoms with Gasteiger partial charge in [-0.2, -0.15) is 13.2 Å². The number of halogens is 3. The molecule has 0 radical (unpaired) electrons. The lowest BCUT2D eigenvalue weighted by Gasteiger charge is -2.32.